The molecule has 1 saturated carbocycles. The van der Waals surface area contributed by atoms with Crippen molar-refractivity contribution >= 4 is 28.9 Å². The number of carboxylic acids is 1. The first-order valence-electron chi connectivity index (χ1n) is 16.8. The highest BCUT2D eigenvalue weighted by Crippen LogP contribution is 2.49. The van der Waals surface area contributed by atoms with Gasteiger partial charge in [0.25, 0.3) is 0 Å². The standard InChI is InChI=1S/C37H49N3O7/c1-37(2,3)47-36(44)39(5)20-18-31(41)38(4)19-17-24-22-40-29-21-26(35(42)43)15-16-27(29)32(25-11-8-7-9-12-25)33(40)28-13-10-14-30(45-6)34(28)46-23-24/h10,13-16,21,24-25H,7-9,11-12,17-20,22-23H2,1-6H3,(H,42,43)/t24-/m1/s1. The van der Waals surface area contributed by atoms with Gasteiger partial charge in [-0.05, 0) is 75.8 Å². The molecule has 0 saturated heterocycles. The van der Waals surface area contributed by atoms with E-state index in [1.807, 2.05) is 45.0 Å². The maximum Gasteiger partial charge on any atom is 0.410 e. The lowest BCUT2D eigenvalue weighted by Gasteiger charge is -2.29. The van der Waals surface area contributed by atoms with Crippen molar-refractivity contribution in [1.82, 2.24) is 14.4 Å². The van der Waals surface area contributed by atoms with Crippen LogP contribution < -0.4 is 9.47 Å². The lowest BCUT2D eigenvalue weighted by molar-refractivity contribution is -0.130. The first-order chi connectivity index (χ1) is 22.4. The van der Waals surface area contributed by atoms with Crippen LogP contribution >= 0.6 is 0 Å². The van der Waals surface area contributed by atoms with Gasteiger partial charge in [-0.3, -0.25) is 4.79 Å². The average molecular weight is 648 g/mol. The van der Waals surface area contributed by atoms with Crippen LogP contribution in [0.3, 0.4) is 0 Å². The van der Waals surface area contributed by atoms with Gasteiger partial charge in [0.1, 0.15) is 5.60 Å². The molecule has 1 N–H and O–H groups in total. The Bertz CT molecular complexity index is 1620. The van der Waals surface area contributed by atoms with Gasteiger partial charge in [-0.25, -0.2) is 9.59 Å². The number of para-hydroxylation sites is 1. The molecule has 1 atom stereocenters. The van der Waals surface area contributed by atoms with Crippen molar-refractivity contribution in [1.29, 1.82) is 0 Å². The van der Waals surface area contributed by atoms with Crippen molar-refractivity contribution in [2.45, 2.75) is 83.8 Å². The molecule has 2 heterocycles. The van der Waals surface area contributed by atoms with Crippen molar-refractivity contribution in [3.63, 3.8) is 0 Å². The number of carbonyl (C=O) groups is 3. The van der Waals surface area contributed by atoms with Gasteiger partial charge >= 0.3 is 12.1 Å². The van der Waals surface area contributed by atoms with Gasteiger partial charge in [0.2, 0.25) is 5.91 Å². The fraction of sp³-hybridized carbons (Fsp3) is 0.541. The fourth-order valence-electron chi connectivity index (χ4n) is 6.88. The van der Waals surface area contributed by atoms with Crippen LogP contribution in [0.1, 0.15) is 87.6 Å². The molecule has 5 rings (SSSR count). The smallest absolute Gasteiger partial charge is 0.410 e. The largest absolute Gasteiger partial charge is 0.493 e. The zero-order chi connectivity index (χ0) is 33.9. The van der Waals surface area contributed by atoms with Crippen LogP contribution in [0.2, 0.25) is 0 Å². The monoisotopic (exact) mass is 647 g/mol. The average Bonchev–Trinajstić information content (AvgIpc) is 3.35. The molecule has 10 nitrogen and oxygen atoms in total. The number of carboxylic acid groups (broad SMARTS) is 1. The van der Waals surface area contributed by atoms with Crippen LogP contribution in [0.5, 0.6) is 11.5 Å². The number of ether oxygens (including phenoxy) is 3. The van der Waals surface area contributed by atoms with Crippen LogP contribution in [0.4, 0.5) is 4.79 Å². The van der Waals surface area contributed by atoms with Gasteiger partial charge in [0.15, 0.2) is 11.5 Å². The highest BCUT2D eigenvalue weighted by molar-refractivity contribution is 5.99. The molecule has 1 aliphatic heterocycles. The Kier molecular flexibility index (Phi) is 10.4. The van der Waals surface area contributed by atoms with E-state index in [9.17, 15) is 19.5 Å². The van der Waals surface area contributed by atoms with E-state index in [0.717, 1.165) is 35.0 Å². The number of aromatic carboxylic acids is 1. The minimum atomic E-state index is -0.952. The second-order valence-corrected chi connectivity index (χ2v) is 14.0. The van der Waals surface area contributed by atoms with Crippen molar-refractivity contribution in [2.75, 3.05) is 40.9 Å². The molecule has 0 radical (unpaired) electrons. The van der Waals surface area contributed by atoms with E-state index < -0.39 is 17.7 Å². The second kappa shape index (κ2) is 14.3. The van der Waals surface area contributed by atoms with Crippen molar-refractivity contribution in [3.05, 3.63) is 47.5 Å². The number of carbonyl (C=O) groups excluding carboxylic acids is 2. The van der Waals surface area contributed by atoms with E-state index in [1.165, 1.54) is 29.7 Å². The Morgan fingerprint density at radius 1 is 1.02 bits per heavy atom. The van der Waals surface area contributed by atoms with Crippen LogP contribution in [0.25, 0.3) is 22.2 Å². The van der Waals surface area contributed by atoms with Crippen LogP contribution in [0.15, 0.2) is 36.4 Å². The van der Waals surface area contributed by atoms with Crippen LogP contribution in [0, 0.1) is 5.92 Å². The van der Waals surface area contributed by atoms with E-state index in [4.69, 9.17) is 14.2 Å². The molecular formula is C37H49N3O7. The number of rotatable bonds is 9. The summed E-state index contributed by atoms with van der Waals surface area (Å²) in [5, 5.41) is 11.0. The van der Waals surface area contributed by atoms with Gasteiger partial charge in [0, 0.05) is 62.5 Å². The summed E-state index contributed by atoms with van der Waals surface area (Å²) >= 11 is 0. The summed E-state index contributed by atoms with van der Waals surface area (Å²) in [6.07, 6.45) is 6.15. The fourth-order valence-corrected chi connectivity index (χ4v) is 6.88. The predicted molar refractivity (Wildman–Crippen MR) is 181 cm³/mol. The van der Waals surface area contributed by atoms with Crippen molar-refractivity contribution < 1.29 is 33.7 Å². The number of nitrogens with zero attached hydrogens (tertiary/aromatic N) is 3. The van der Waals surface area contributed by atoms with Gasteiger partial charge in [0.05, 0.1) is 25.0 Å². The third kappa shape index (κ3) is 7.68. The Morgan fingerprint density at radius 3 is 2.45 bits per heavy atom. The normalized spacial score (nSPS) is 16.7. The number of methoxy groups -OCH3 is 1. The van der Waals surface area contributed by atoms with Gasteiger partial charge in [-0.15, -0.1) is 0 Å². The molecule has 1 aliphatic carbocycles. The maximum atomic E-state index is 13.1. The minimum absolute atomic E-state index is 0.0230. The quantitative estimate of drug-likeness (QED) is 0.262. The Labute approximate surface area is 277 Å². The lowest BCUT2D eigenvalue weighted by Crippen LogP contribution is -2.37. The number of aromatic nitrogens is 1. The molecule has 0 unspecified atom stereocenters. The zero-order valence-electron chi connectivity index (χ0n) is 28.6. The van der Waals surface area contributed by atoms with Gasteiger partial charge < -0.3 is 33.7 Å². The Balaban J connectivity index is 1.44. The second-order valence-electron chi connectivity index (χ2n) is 14.0. The topological polar surface area (TPSA) is 111 Å². The molecule has 1 fully saturated rings. The number of fused-ring (bicyclic) bond motifs is 5. The molecule has 254 valence electrons. The van der Waals surface area contributed by atoms with E-state index in [1.54, 1.807) is 32.2 Å². The molecule has 1 aromatic heterocycles. The molecule has 3 aromatic rings. The van der Waals surface area contributed by atoms with Crippen molar-refractivity contribution in [3.8, 4) is 22.8 Å². The Morgan fingerprint density at radius 2 is 1.77 bits per heavy atom. The molecule has 2 aliphatic rings. The molecule has 10 heteroatoms. The highest BCUT2D eigenvalue weighted by atomic mass is 16.6. The first-order valence-corrected chi connectivity index (χ1v) is 16.8. The minimum Gasteiger partial charge on any atom is -0.493 e. The summed E-state index contributed by atoms with van der Waals surface area (Å²) in [5.74, 6) is 0.715. The summed E-state index contributed by atoms with van der Waals surface area (Å²) in [7, 11) is 5.07. The number of amides is 2. The molecule has 2 amide bonds. The first kappa shape index (κ1) is 34.1. The van der Waals surface area contributed by atoms with Crippen LogP contribution in [-0.4, -0.2) is 83.9 Å². The molecule has 47 heavy (non-hydrogen) atoms. The molecule has 0 spiro atoms. The van der Waals surface area contributed by atoms with Gasteiger partial charge in [-0.2, -0.15) is 0 Å². The number of hydrogen-bond acceptors (Lipinski definition) is 6. The third-order valence-electron chi connectivity index (χ3n) is 9.39. The predicted octanol–water partition coefficient (Wildman–Crippen LogP) is 7.18. The van der Waals surface area contributed by atoms with Crippen LogP contribution in [-0.2, 0) is 16.1 Å². The summed E-state index contributed by atoms with van der Waals surface area (Å²) in [4.78, 5) is 40.7. The molecule has 0 bridgehead atoms. The summed E-state index contributed by atoms with van der Waals surface area (Å²) in [6, 6.07) is 11.5. The summed E-state index contributed by atoms with van der Waals surface area (Å²) in [5.41, 5.74) is 3.86. The molecular weight excluding hydrogens is 598 g/mol. The summed E-state index contributed by atoms with van der Waals surface area (Å²) in [6.45, 7) is 7.23. The maximum absolute atomic E-state index is 13.1. The van der Waals surface area contributed by atoms with Crippen molar-refractivity contribution in [2.24, 2.45) is 5.92 Å². The lowest BCUT2D eigenvalue weighted by atomic mass is 9.81. The zero-order valence-corrected chi connectivity index (χ0v) is 28.6. The Hall–Kier alpha value is -4.21. The van der Waals surface area contributed by atoms with E-state index >= 15 is 0 Å². The number of benzene rings is 2. The summed E-state index contributed by atoms with van der Waals surface area (Å²) < 4.78 is 20.1. The highest BCUT2D eigenvalue weighted by Gasteiger charge is 2.32. The van der Waals surface area contributed by atoms with E-state index in [0.29, 0.717) is 43.5 Å². The molecule has 2 aromatic carbocycles. The number of hydrogen-bond donors (Lipinski definition) is 1. The SMILES string of the molecule is COc1cccc2c1OC[C@H](CCN(C)C(=O)CCN(C)C(=O)OC(C)(C)C)Cn1c-2c(C2CCCCC2)c2ccc(C(=O)O)cc21. The third-order valence-corrected chi connectivity index (χ3v) is 9.39. The van der Waals surface area contributed by atoms with E-state index in [-0.39, 0.29) is 30.4 Å². The van der Waals surface area contributed by atoms with E-state index in [2.05, 4.69) is 10.6 Å². The van der Waals surface area contributed by atoms with Gasteiger partial charge in [-0.1, -0.05) is 31.4 Å².